The molecule has 0 spiro atoms. The highest BCUT2D eigenvalue weighted by Gasteiger charge is 2.76. The fourth-order valence-corrected chi connectivity index (χ4v) is 9.20. The van der Waals surface area contributed by atoms with Crippen molar-refractivity contribution in [2.75, 3.05) is 22.3 Å². The molecule has 3 aromatic carbocycles. The molecule has 47 heavy (non-hydrogen) atoms. The van der Waals surface area contributed by atoms with E-state index in [1.165, 1.54) is 4.90 Å². The monoisotopic (exact) mass is 737 g/mol. The maximum Gasteiger partial charge on any atom is 0.254 e. The smallest absolute Gasteiger partial charge is 0.254 e. The Morgan fingerprint density at radius 1 is 0.915 bits per heavy atom. The number of carbonyl (C=O) groups excluding carboxylic acids is 4. The van der Waals surface area contributed by atoms with E-state index in [9.17, 15) is 24.3 Å². The van der Waals surface area contributed by atoms with Gasteiger partial charge in [-0.2, -0.15) is 0 Å². The largest absolute Gasteiger partial charge is 0.504 e. The number of fused-ring (bicyclic) bond motifs is 4. The standard InChI is InChI=1S/C35H30BrCl2N3O6/c1-2-47-26-10-6-9-24(29(26)42)28-22-15-16-23-27(25(22)17-34(37)32(45)40(18-36)33(46)35(28,34)38)31(44)41(30(23)43)21-13-11-20(12-14-21)39-19-7-4-3-5-8-19/h3-15,23,25,27-28,39,42H,2,16-18H2,1H3/t23-,25+,27-,28+,34+,35-/m0/s1. The van der Waals surface area contributed by atoms with Crippen LogP contribution in [0.4, 0.5) is 17.1 Å². The molecular weight excluding hydrogens is 709 g/mol. The third-order valence-electron chi connectivity index (χ3n) is 9.84. The molecule has 0 unspecified atom stereocenters. The summed E-state index contributed by atoms with van der Waals surface area (Å²) in [6, 6.07) is 21.5. The van der Waals surface area contributed by atoms with E-state index >= 15 is 0 Å². The number of likely N-dealkylation sites (tertiary alicyclic amines) is 1. The molecule has 9 nitrogen and oxygen atoms in total. The Kier molecular flexibility index (Phi) is 7.88. The van der Waals surface area contributed by atoms with Crippen LogP contribution in [0.1, 0.15) is 31.2 Å². The number of carbonyl (C=O) groups is 4. The number of hydrogen-bond donors (Lipinski definition) is 2. The number of nitrogens with zero attached hydrogens (tertiary/aromatic N) is 2. The zero-order chi connectivity index (χ0) is 33.2. The van der Waals surface area contributed by atoms with Crippen LogP contribution >= 0.6 is 39.1 Å². The van der Waals surface area contributed by atoms with Gasteiger partial charge in [0, 0.05) is 22.9 Å². The van der Waals surface area contributed by atoms with E-state index in [0.29, 0.717) is 11.3 Å². The molecule has 7 rings (SSSR count). The molecule has 2 heterocycles. The van der Waals surface area contributed by atoms with E-state index in [4.69, 9.17) is 27.9 Å². The average molecular weight is 739 g/mol. The number of imide groups is 2. The number of halogens is 3. The van der Waals surface area contributed by atoms with Crippen LogP contribution in [0.2, 0.25) is 0 Å². The first-order chi connectivity index (χ1) is 22.6. The van der Waals surface area contributed by atoms with Crippen molar-refractivity contribution < 1.29 is 29.0 Å². The molecule has 12 heteroatoms. The Hall–Kier alpha value is -3.86. The molecule has 3 aromatic rings. The summed E-state index contributed by atoms with van der Waals surface area (Å²) in [5, 5.41) is 14.7. The molecule has 3 fully saturated rings. The summed E-state index contributed by atoms with van der Waals surface area (Å²) in [4.78, 5) is 54.3. The number of alkyl halides is 3. The van der Waals surface area contributed by atoms with E-state index < -0.39 is 51.1 Å². The van der Waals surface area contributed by atoms with Gasteiger partial charge in [0.15, 0.2) is 21.2 Å². The van der Waals surface area contributed by atoms with Gasteiger partial charge in [-0.25, -0.2) is 0 Å². The molecular formula is C35H30BrCl2N3O6. The minimum Gasteiger partial charge on any atom is -0.504 e. The molecule has 6 atom stereocenters. The van der Waals surface area contributed by atoms with Gasteiger partial charge in [0.25, 0.3) is 11.8 Å². The third kappa shape index (κ3) is 4.55. The van der Waals surface area contributed by atoms with Crippen molar-refractivity contribution in [3.8, 4) is 11.5 Å². The van der Waals surface area contributed by atoms with Crippen molar-refractivity contribution >= 4 is 79.8 Å². The van der Waals surface area contributed by atoms with Crippen LogP contribution in [0.15, 0.2) is 84.4 Å². The quantitative estimate of drug-likeness (QED) is 0.124. The highest BCUT2D eigenvalue weighted by Crippen LogP contribution is 2.66. The summed E-state index contributed by atoms with van der Waals surface area (Å²) in [6.45, 7) is 2.04. The van der Waals surface area contributed by atoms with Crippen molar-refractivity contribution in [1.82, 2.24) is 4.90 Å². The topological polar surface area (TPSA) is 116 Å². The number of phenolic OH excluding ortho intramolecular Hbond substituents is 1. The number of benzene rings is 3. The number of amides is 4. The Morgan fingerprint density at radius 3 is 2.30 bits per heavy atom. The fraction of sp³-hybridized carbons (Fsp3) is 0.314. The fourth-order valence-electron chi connectivity index (χ4n) is 7.78. The highest BCUT2D eigenvalue weighted by atomic mass is 79.9. The summed E-state index contributed by atoms with van der Waals surface area (Å²) in [6.07, 6.45) is 1.90. The van der Waals surface area contributed by atoms with Gasteiger partial charge in [0.1, 0.15) is 0 Å². The van der Waals surface area contributed by atoms with Gasteiger partial charge in [0.05, 0.1) is 29.6 Å². The Bertz CT molecular complexity index is 1840. The van der Waals surface area contributed by atoms with Crippen LogP contribution in [0.3, 0.4) is 0 Å². The first-order valence-corrected chi connectivity index (χ1v) is 17.2. The average Bonchev–Trinajstić information content (AvgIpc) is 3.41. The van der Waals surface area contributed by atoms with E-state index in [0.717, 1.165) is 16.3 Å². The minimum absolute atomic E-state index is 0.138. The molecule has 1 saturated carbocycles. The van der Waals surface area contributed by atoms with Gasteiger partial charge >= 0.3 is 0 Å². The van der Waals surface area contributed by atoms with E-state index in [-0.39, 0.29) is 47.9 Å². The Balaban J connectivity index is 1.29. The number of anilines is 3. The lowest BCUT2D eigenvalue weighted by Crippen LogP contribution is -2.60. The molecule has 0 aromatic heterocycles. The van der Waals surface area contributed by atoms with Gasteiger partial charge in [0.2, 0.25) is 11.8 Å². The Morgan fingerprint density at radius 2 is 1.62 bits per heavy atom. The van der Waals surface area contributed by atoms with Gasteiger partial charge in [-0.1, -0.05) is 57.9 Å². The van der Waals surface area contributed by atoms with Crippen molar-refractivity contribution in [2.45, 2.75) is 35.4 Å². The van der Waals surface area contributed by atoms with E-state index in [1.54, 1.807) is 49.4 Å². The van der Waals surface area contributed by atoms with E-state index in [2.05, 4.69) is 21.2 Å². The second-order valence-corrected chi connectivity index (χ2v) is 13.9. The SMILES string of the molecule is CCOc1cccc([C@H]2C3=CC[C@@H]4C(=O)N(c5ccc(Nc6ccccc6)cc5)C(=O)[C@@H]4[C@@H]3C[C@@]3(Cl)C(=O)N(CBr)C(=O)[C@@]23Cl)c1O. The zero-order valence-electron chi connectivity index (χ0n) is 25.2. The normalized spacial score (nSPS) is 29.7. The van der Waals surface area contributed by atoms with Gasteiger partial charge in [-0.05, 0) is 68.1 Å². The first-order valence-electron chi connectivity index (χ1n) is 15.3. The van der Waals surface area contributed by atoms with Crippen molar-refractivity contribution in [1.29, 1.82) is 0 Å². The maximum atomic E-state index is 14.3. The number of ether oxygens (including phenoxy) is 1. The lowest BCUT2D eigenvalue weighted by molar-refractivity contribution is -0.138. The van der Waals surface area contributed by atoms with Crippen LogP contribution in [0.5, 0.6) is 11.5 Å². The predicted molar refractivity (Wildman–Crippen MR) is 181 cm³/mol. The summed E-state index contributed by atoms with van der Waals surface area (Å²) in [5.74, 6) is -5.60. The minimum atomic E-state index is -2.02. The van der Waals surface area contributed by atoms with Gasteiger partial charge in [-0.15, -0.1) is 23.2 Å². The summed E-state index contributed by atoms with van der Waals surface area (Å²) in [7, 11) is 0. The van der Waals surface area contributed by atoms with Gasteiger partial charge < -0.3 is 15.2 Å². The molecule has 4 aliphatic rings. The molecule has 242 valence electrons. The molecule has 4 amide bonds. The summed E-state index contributed by atoms with van der Waals surface area (Å²) >= 11 is 17.8. The number of aromatic hydroxyl groups is 1. The summed E-state index contributed by atoms with van der Waals surface area (Å²) in [5.41, 5.74) is 2.80. The van der Waals surface area contributed by atoms with Crippen LogP contribution in [-0.4, -0.2) is 55.4 Å². The van der Waals surface area contributed by atoms with Crippen LogP contribution in [0.25, 0.3) is 0 Å². The summed E-state index contributed by atoms with van der Waals surface area (Å²) < 4.78 is 5.64. The molecule has 0 radical (unpaired) electrons. The molecule has 2 N–H and O–H groups in total. The second kappa shape index (κ2) is 11.7. The lowest BCUT2D eigenvalue weighted by Gasteiger charge is -2.50. The second-order valence-electron chi connectivity index (χ2n) is 12.2. The Labute approximate surface area is 289 Å². The molecule has 2 aliphatic heterocycles. The maximum absolute atomic E-state index is 14.3. The van der Waals surface area contributed by atoms with Gasteiger partial charge in [-0.3, -0.25) is 29.0 Å². The van der Waals surface area contributed by atoms with Crippen LogP contribution in [-0.2, 0) is 19.2 Å². The molecule has 2 aliphatic carbocycles. The number of phenols is 1. The number of rotatable bonds is 7. The molecule has 2 saturated heterocycles. The number of allylic oxidation sites excluding steroid dienone is 2. The third-order valence-corrected chi connectivity index (χ3v) is 11.8. The number of hydrogen-bond acceptors (Lipinski definition) is 7. The number of para-hydroxylation sites is 2. The number of nitrogens with one attached hydrogen (secondary N) is 1. The zero-order valence-corrected chi connectivity index (χ0v) is 28.3. The highest BCUT2D eigenvalue weighted by molar-refractivity contribution is 9.09. The lowest BCUT2D eigenvalue weighted by atomic mass is 9.56. The first kappa shape index (κ1) is 31.7. The van der Waals surface area contributed by atoms with Crippen molar-refractivity contribution in [2.24, 2.45) is 17.8 Å². The van der Waals surface area contributed by atoms with E-state index in [1.807, 2.05) is 36.4 Å². The van der Waals surface area contributed by atoms with Crippen molar-refractivity contribution in [3.05, 3.63) is 90.0 Å². The predicted octanol–water partition coefficient (Wildman–Crippen LogP) is 6.45. The van der Waals surface area contributed by atoms with Crippen LogP contribution in [0, 0.1) is 17.8 Å². The van der Waals surface area contributed by atoms with Crippen molar-refractivity contribution in [3.63, 3.8) is 0 Å². The molecule has 0 bridgehead atoms. The van der Waals surface area contributed by atoms with Crippen LogP contribution < -0.4 is 15.0 Å².